The first-order valence-corrected chi connectivity index (χ1v) is 15.5. The van der Waals surface area contributed by atoms with Gasteiger partial charge in [-0.05, 0) is 56.0 Å². The molecule has 2 aromatic heterocycles. The minimum Gasteiger partial charge on any atom is -0.338 e. The van der Waals surface area contributed by atoms with Crippen LogP contribution in [0.15, 0.2) is 60.6 Å². The molecule has 33 heavy (non-hydrogen) atoms. The zero-order valence-corrected chi connectivity index (χ0v) is 22.2. The summed E-state index contributed by atoms with van der Waals surface area (Å²) in [5, 5.41) is 6.25. The molecule has 0 saturated heterocycles. The SMILES string of the molecule is [2H]c1c(C)[n+](C)c(-c2cc3c(cc2C)c2ccccc2n3C(C)C)c2ccc([Si](C)(C)C)cc12. The molecule has 3 heteroatoms. The molecular formula is C30H35N2Si+. The molecule has 2 heterocycles. The normalized spacial score (nSPS) is 12.9. The largest absolute Gasteiger partial charge is 0.338 e. The Bertz CT molecular complexity index is 1600. The Morgan fingerprint density at radius 1 is 0.879 bits per heavy atom. The molecule has 0 aliphatic rings. The maximum atomic E-state index is 8.93. The van der Waals surface area contributed by atoms with E-state index in [9.17, 15) is 0 Å². The lowest BCUT2D eigenvalue weighted by Gasteiger charge is -2.18. The molecule has 5 rings (SSSR count). The Morgan fingerprint density at radius 3 is 2.30 bits per heavy atom. The lowest BCUT2D eigenvalue weighted by atomic mass is 9.97. The van der Waals surface area contributed by atoms with Gasteiger partial charge >= 0.3 is 0 Å². The molecule has 5 aromatic rings. The van der Waals surface area contributed by atoms with Crippen molar-refractivity contribution in [1.82, 2.24) is 4.57 Å². The van der Waals surface area contributed by atoms with E-state index in [0.29, 0.717) is 12.1 Å². The highest BCUT2D eigenvalue weighted by Crippen LogP contribution is 2.37. The van der Waals surface area contributed by atoms with Crippen molar-refractivity contribution in [1.29, 1.82) is 0 Å². The van der Waals surface area contributed by atoms with Gasteiger partial charge in [-0.25, -0.2) is 0 Å². The zero-order valence-electron chi connectivity index (χ0n) is 22.2. The number of hydrogen-bond acceptors (Lipinski definition) is 0. The third kappa shape index (κ3) is 3.41. The van der Waals surface area contributed by atoms with Crippen LogP contribution in [0.5, 0.6) is 0 Å². The van der Waals surface area contributed by atoms with Gasteiger partial charge in [0.15, 0.2) is 5.69 Å². The average molecular weight is 453 g/mol. The monoisotopic (exact) mass is 452 g/mol. The minimum absolute atomic E-state index is 0.361. The summed E-state index contributed by atoms with van der Waals surface area (Å²) in [5.41, 5.74) is 7.27. The van der Waals surface area contributed by atoms with Gasteiger partial charge in [0, 0.05) is 35.3 Å². The summed E-state index contributed by atoms with van der Waals surface area (Å²) in [6, 6.07) is 21.3. The molecule has 0 amide bonds. The zero-order chi connectivity index (χ0) is 24.5. The summed E-state index contributed by atoms with van der Waals surface area (Å²) in [6.45, 7) is 15.9. The van der Waals surface area contributed by atoms with E-state index in [4.69, 9.17) is 1.37 Å². The van der Waals surface area contributed by atoms with E-state index >= 15 is 0 Å². The molecule has 0 bridgehead atoms. The van der Waals surface area contributed by atoms with E-state index in [1.807, 2.05) is 0 Å². The number of aromatic nitrogens is 2. The first-order chi connectivity index (χ1) is 16.0. The second-order valence-electron chi connectivity index (χ2n) is 10.8. The van der Waals surface area contributed by atoms with Gasteiger partial charge in [0.1, 0.15) is 7.05 Å². The molecule has 0 fully saturated rings. The number of benzene rings is 3. The minimum atomic E-state index is -1.48. The summed E-state index contributed by atoms with van der Waals surface area (Å²) in [4.78, 5) is 0. The van der Waals surface area contributed by atoms with Gasteiger partial charge < -0.3 is 4.57 Å². The third-order valence-corrected chi connectivity index (χ3v) is 9.17. The highest BCUT2D eigenvalue weighted by Gasteiger charge is 2.24. The van der Waals surface area contributed by atoms with Gasteiger partial charge in [-0.3, -0.25) is 0 Å². The summed E-state index contributed by atoms with van der Waals surface area (Å²) in [6.07, 6.45) is 0. The molecule has 0 radical (unpaired) electrons. The smallest absolute Gasteiger partial charge is 0.220 e. The van der Waals surface area contributed by atoms with E-state index in [0.717, 1.165) is 16.5 Å². The van der Waals surface area contributed by atoms with Crippen LogP contribution in [0, 0.1) is 13.8 Å². The Hall–Kier alpha value is -2.91. The first kappa shape index (κ1) is 20.7. The number of aryl methyl sites for hydroxylation is 1. The van der Waals surface area contributed by atoms with Crippen LogP contribution in [0.25, 0.3) is 43.8 Å². The van der Waals surface area contributed by atoms with E-state index in [1.54, 1.807) is 0 Å². The van der Waals surface area contributed by atoms with Crippen molar-refractivity contribution >= 4 is 45.8 Å². The Kier molecular flexibility index (Phi) is 4.74. The lowest BCUT2D eigenvalue weighted by molar-refractivity contribution is -0.665. The maximum Gasteiger partial charge on any atom is 0.220 e. The second-order valence-corrected chi connectivity index (χ2v) is 15.9. The number of hydrogen-bond donors (Lipinski definition) is 0. The molecule has 0 saturated carbocycles. The Balaban J connectivity index is 1.91. The van der Waals surface area contributed by atoms with E-state index in [-0.39, 0.29) is 0 Å². The van der Waals surface area contributed by atoms with Gasteiger partial charge in [-0.2, -0.15) is 4.57 Å². The van der Waals surface area contributed by atoms with Gasteiger partial charge in [0.2, 0.25) is 5.69 Å². The van der Waals surface area contributed by atoms with Gasteiger partial charge in [0.05, 0.1) is 25.9 Å². The Morgan fingerprint density at radius 2 is 1.61 bits per heavy atom. The lowest BCUT2D eigenvalue weighted by Crippen LogP contribution is -2.38. The topological polar surface area (TPSA) is 8.81 Å². The number of pyridine rings is 1. The molecule has 0 atom stereocenters. The number of fused-ring (bicyclic) bond motifs is 4. The first-order valence-electron chi connectivity index (χ1n) is 12.5. The van der Waals surface area contributed by atoms with Crippen molar-refractivity contribution in [2.24, 2.45) is 7.05 Å². The maximum absolute atomic E-state index is 8.93. The fraction of sp³-hybridized carbons (Fsp3) is 0.300. The highest BCUT2D eigenvalue weighted by molar-refractivity contribution is 6.88. The molecule has 2 nitrogen and oxygen atoms in total. The van der Waals surface area contributed by atoms with Gasteiger partial charge in [-0.1, -0.05) is 55.2 Å². The quantitative estimate of drug-likeness (QED) is 0.202. The summed E-state index contributed by atoms with van der Waals surface area (Å²) in [7, 11) is 0.626. The number of nitrogens with zero attached hydrogens (tertiary/aromatic N) is 2. The van der Waals surface area contributed by atoms with Crippen LogP contribution < -0.4 is 9.75 Å². The van der Waals surface area contributed by atoms with Crippen LogP contribution in [0.3, 0.4) is 0 Å². The predicted molar refractivity (Wildman–Crippen MR) is 146 cm³/mol. The van der Waals surface area contributed by atoms with Crippen LogP contribution >= 0.6 is 0 Å². The molecule has 0 unspecified atom stereocenters. The highest BCUT2D eigenvalue weighted by atomic mass is 28.3. The molecule has 0 spiro atoms. The predicted octanol–water partition coefficient (Wildman–Crippen LogP) is 7.18. The van der Waals surface area contributed by atoms with Crippen molar-refractivity contribution in [3.05, 3.63) is 71.9 Å². The second kappa shape index (κ2) is 7.56. The fourth-order valence-electron chi connectivity index (χ4n) is 5.24. The van der Waals surface area contributed by atoms with Crippen molar-refractivity contribution in [2.75, 3.05) is 0 Å². The Labute approximate surface area is 199 Å². The van der Waals surface area contributed by atoms with Crippen LogP contribution in [0.1, 0.15) is 32.5 Å². The van der Waals surface area contributed by atoms with Crippen molar-refractivity contribution in [3.8, 4) is 11.3 Å². The van der Waals surface area contributed by atoms with Gasteiger partial charge in [0.25, 0.3) is 0 Å². The molecule has 168 valence electrons. The summed E-state index contributed by atoms with van der Waals surface area (Å²) in [5.74, 6) is 0. The van der Waals surface area contributed by atoms with E-state index in [2.05, 4.69) is 118 Å². The van der Waals surface area contributed by atoms with E-state index < -0.39 is 8.07 Å². The molecule has 3 aromatic carbocycles. The van der Waals surface area contributed by atoms with Crippen LogP contribution in [-0.2, 0) is 7.05 Å². The molecule has 0 aliphatic carbocycles. The molecule has 0 aliphatic heterocycles. The van der Waals surface area contributed by atoms with Gasteiger partial charge in [-0.15, -0.1) is 0 Å². The summed E-state index contributed by atoms with van der Waals surface area (Å²) >= 11 is 0. The van der Waals surface area contributed by atoms with Crippen molar-refractivity contribution in [3.63, 3.8) is 0 Å². The van der Waals surface area contributed by atoms with Crippen LogP contribution in [0.4, 0.5) is 0 Å². The molecular weight excluding hydrogens is 416 g/mol. The van der Waals surface area contributed by atoms with Crippen molar-refractivity contribution in [2.45, 2.75) is 53.4 Å². The average Bonchev–Trinajstić information content (AvgIpc) is 3.10. The number of para-hydroxylation sites is 1. The van der Waals surface area contributed by atoms with Crippen molar-refractivity contribution < 1.29 is 5.94 Å². The summed E-state index contributed by atoms with van der Waals surface area (Å²) < 4.78 is 13.6. The fourth-order valence-corrected chi connectivity index (χ4v) is 6.40. The van der Waals surface area contributed by atoms with E-state index in [1.165, 1.54) is 43.8 Å². The van der Waals surface area contributed by atoms with Crippen LogP contribution in [0.2, 0.25) is 19.6 Å². The number of rotatable bonds is 3. The third-order valence-electron chi connectivity index (χ3n) is 7.12. The standard InChI is InChI=1S/C30H35N2Si/c1-19(2)32-28-12-10-9-11-25(28)27-15-20(3)26(18-29(27)32)30-24-14-13-23(33(6,7)8)17-22(24)16-21(4)31(30)5/h9-19H,1-8H3/q+1/i16D. The molecule has 0 N–H and O–H groups in total. The van der Waals surface area contributed by atoms with Crippen LogP contribution in [-0.4, -0.2) is 12.6 Å².